The number of ether oxygens (including phenoxy) is 2. The molecule has 1 aliphatic heterocycles. The molecule has 4 rings (SSSR count). The van der Waals surface area contributed by atoms with E-state index in [9.17, 15) is 9.59 Å². The van der Waals surface area contributed by atoms with Crippen molar-refractivity contribution in [3.8, 4) is 17.2 Å². The van der Waals surface area contributed by atoms with Crippen molar-refractivity contribution in [1.29, 1.82) is 0 Å². The Labute approximate surface area is 185 Å². The average molecular weight is 436 g/mol. The summed E-state index contributed by atoms with van der Waals surface area (Å²) in [5.74, 6) is 0.739. The number of hydrogen-bond acceptors (Lipinski definition) is 5. The number of rotatable bonds is 5. The molecule has 2 aromatic carbocycles. The highest BCUT2D eigenvalue weighted by Gasteiger charge is 2.22. The number of carbonyl (C=O) groups excluding carboxylic acids is 1. The van der Waals surface area contributed by atoms with Gasteiger partial charge in [0.25, 0.3) is 0 Å². The van der Waals surface area contributed by atoms with Crippen molar-refractivity contribution in [2.24, 2.45) is 0 Å². The van der Waals surface area contributed by atoms with Crippen molar-refractivity contribution in [3.63, 3.8) is 0 Å². The van der Waals surface area contributed by atoms with Crippen LogP contribution in [-0.2, 0) is 16.6 Å². The number of nitrogens with one attached hydrogen (secondary N) is 2. The lowest BCUT2D eigenvalue weighted by Crippen LogP contribution is -2.21. The molecule has 0 radical (unpaired) electrons. The van der Waals surface area contributed by atoms with E-state index in [1.807, 2.05) is 32.9 Å². The summed E-state index contributed by atoms with van der Waals surface area (Å²) in [6, 6.07) is 13.6. The van der Waals surface area contributed by atoms with Crippen molar-refractivity contribution >= 4 is 23.5 Å². The molecule has 2 heterocycles. The maximum atomic E-state index is 12.7. The zero-order valence-corrected chi connectivity index (χ0v) is 18.0. The molecule has 3 aromatic rings. The molecule has 2 amide bonds. The molecule has 3 N–H and O–H groups in total. The first-order valence-electron chi connectivity index (χ1n) is 10.1. The molecule has 0 spiro atoms. The van der Waals surface area contributed by atoms with Crippen molar-refractivity contribution < 1.29 is 24.2 Å². The Hall–Kier alpha value is -4.01. The van der Waals surface area contributed by atoms with Gasteiger partial charge in [-0.05, 0) is 29.8 Å². The lowest BCUT2D eigenvalue weighted by molar-refractivity contribution is -0.136. The Bertz CT molecular complexity index is 1180. The molecule has 0 bridgehead atoms. The van der Waals surface area contributed by atoms with E-state index < -0.39 is 12.0 Å². The second kappa shape index (κ2) is 8.26. The summed E-state index contributed by atoms with van der Waals surface area (Å²) >= 11 is 0. The van der Waals surface area contributed by atoms with Gasteiger partial charge in [-0.1, -0.05) is 32.9 Å². The highest BCUT2D eigenvalue weighted by molar-refractivity contribution is 5.99. The molecule has 9 heteroatoms. The maximum Gasteiger partial charge on any atom is 0.324 e. The first kappa shape index (κ1) is 21.2. The molecule has 0 aliphatic carbocycles. The third-order valence-corrected chi connectivity index (χ3v) is 4.86. The minimum Gasteiger partial charge on any atom is -0.481 e. The number of anilines is 2. The van der Waals surface area contributed by atoms with Gasteiger partial charge in [0.05, 0.1) is 17.8 Å². The summed E-state index contributed by atoms with van der Waals surface area (Å²) in [6.07, 6.45) is -0.103. The summed E-state index contributed by atoms with van der Waals surface area (Å²) in [5, 5.41) is 19.4. The molecule has 1 aliphatic rings. The molecule has 0 unspecified atom stereocenters. The fourth-order valence-electron chi connectivity index (χ4n) is 3.26. The molecule has 0 fully saturated rings. The predicted octanol–water partition coefficient (Wildman–Crippen LogP) is 4.17. The average Bonchev–Trinajstić information content (AvgIpc) is 3.34. The zero-order chi connectivity index (χ0) is 22.9. The number of carbonyl (C=O) groups is 2. The van der Waals surface area contributed by atoms with Gasteiger partial charge < -0.3 is 19.9 Å². The fraction of sp³-hybridized carbons (Fsp3) is 0.261. The van der Waals surface area contributed by atoms with Crippen LogP contribution < -0.4 is 20.1 Å². The number of fused-ring (bicyclic) bond motifs is 1. The maximum absolute atomic E-state index is 12.7. The molecule has 0 saturated heterocycles. The standard InChI is InChI=1S/C23H24N4O5/c1-23(2,3)19-12-20(27(26-19)16-6-4-5-14(9-16)10-21(28)29)25-22(30)24-15-7-8-17-18(11-15)32-13-31-17/h4-9,11-12H,10,13H2,1-3H3,(H,28,29)(H2,24,25,30). The first-order chi connectivity index (χ1) is 15.2. The van der Waals surface area contributed by atoms with E-state index in [0.29, 0.717) is 34.3 Å². The Balaban J connectivity index is 1.61. The molecule has 1 aromatic heterocycles. The highest BCUT2D eigenvalue weighted by atomic mass is 16.7. The molecular formula is C23H24N4O5. The summed E-state index contributed by atoms with van der Waals surface area (Å²) in [7, 11) is 0. The van der Waals surface area contributed by atoms with Crippen LogP contribution in [0.3, 0.4) is 0 Å². The van der Waals surface area contributed by atoms with Crippen molar-refractivity contribution in [2.75, 3.05) is 17.4 Å². The van der Waals surface area contributed by atoms with Crippen LogP contribution in [0.25, 0.3) is 5.69 Å². The van der Waals surface area contributed by atoms with E-state index in [0.717, 1.165) is 5.69 Å². The van der Waals surface area contributed by atoms with Gasteiger partial charge in [-0.15, -0.1) is 0 Å². The summed E-state index contributed by atoms with van der Waals surface area (Å²) in [6.45, 7) is 6.23. The van der Waals surface area contributed by atoms with Crippen LogP contribution >= 0.6 is 0 Å². The third-order valence-electron chi connectivity index (χ3n) is 4.86. The first-order valence-corrected chi connectivity index (χ1v) is 10.1. The Morgan fingerprint density at radius 1 is 1.06 bits per heavy atom. The van der Waals surface area contributed by atoms with E-state index in [1.165, 1.54) is 0 Å². The number of benzene rings is 2. The Morgan fingerprint density at radius 3 is 2.59 bits per heavy atom. The number of nitrogens with zero attached hydrogens (tertiary/aromatic N) is 2. The van der Waals surface area contributed by atoms with E-state index in [1.54, 1.807) is 41.1 Å². The highest BCUT2D eigenvalue weighted by Crippen LogP contribution is 2.34. The molecule has 0 atom stereocenters. The van der Waals surface area contributed by atoms with Crippen LogP contribution in [0.15, 0.2) is 48.5 Å². The molecule has 0 saturated carbocycles. The summed E-state index contributed by atoms with van der Waals surface area (Å²) in [4.78, 5) is 23.8. The van der Waals surface area contributed by atoms with Crippen molar-refractivity contribution in [3.05, 3.63) is 59.8 Å². The second-order valence-electron chi connectivity index (χ2n) is 8.46. The SMILES string of the molecule is CC(C)(C)c1cc(NC(=O)Nc2ccc3c(c2)OCO3)n(-c2cccc(CC(=O)O)c2)n1. The zero-order valence-electron chi connectivity index (χ0n) is 18.0. The number of aliphatic carboxylic acids is 1. The fourth-order valence-corrected chi connectivity index (χ4v) is 3.26. The number of carboxylic acids is 1. The van der Waals surface area contributed by atoms with E-state index in [4.69, 9.17) is 14.6 Å². The van der Waals surface area contributed by atoms with Crippen LogP contribution in [0.4, 0.5) is 16.3 Å². The van der Waals surface area contributed by atoms with Gasteiger partial charge >= 0.3 is 12.0 Å². The monoisotopic (exact) mass is 436 g/mol. The molecular weight excluding hydrogens is 412 g/mol. The number of amides is 2. The number of carboxylic acid groups (broad SMARTS) is 1. The van der Waals surface area contributed by atoms with Crippen LogP contribution in [-0.4, -0.2) is 33.7 Å². The van der Waals surface area contributed by atoms with Gasteiger partial charge in [0, 0.05) is 23.2 Å². The van der Waals surface area contributed by atoms with Crippen LogP contribution in [0.5, 0.6) is 11.5 Å². The summed E-state index contributed by atoms with van der Waals surface area (Å²) < 4.78 is 12.2. The Morgan fingerprint density at radius 2 is 1.84 bits per heavy atom. The van der Waals surface area contributed by atoms with E-state index in [-0.39, 0.29) is 18.6 Å². The minimum absolute atomic E-state index is 0.103. The molecule has 9 nitrogen and oxygen atoms in total. The number of aromatic nitrogens is 2. The van der Waals surface area contributed by atoms with Gasteiger partial charge in [0.2, 0.25) is 6.79 Å². The molecule has 166 valence electrons. The number of urea groups is 1. The van der Waals surface area contributed by atoms with Crippen LogP contribution in [0.2, 0.25) is 0 Å². The van der Waals surface area contributed by atoms with Gasteiger partial charge in [-0.25, -0.2) is 9.48 Å². The number of hydrogen-bond donors (Lipinski definition) is 3. The third kappa shape index (κ3) is 4.66. The largest absolute Gasteiger partial charge is 0.481 e. The topological polar surface area (TPSA) is 115 Å². The van der Waals surface area contributed by atoms with Crippen molar-refractivity contribution in [1.82, 2.24) is 9.78 Å². The summed E-state index contributed by atoms with van der Waals surface area (Å²) in [5.41, 5.74) is 2.36. The smallest absolute Gasteiger partial charge is 0.324 e. The van der Waals surface area contributed by atoms with Gasteiger partial charge in [0.1, 0.15) is 5.82 Å². The second-order valence-corrected chi connectivity index (χ2v) is 8.46. The van der Waals surface area contributed by atoms with Crippen molar-refractivity contribution in [2.45, 2.75) is 32.6 Å². The lowest BCUT2D eigenvalue weighted by atomic mass is 9.92. The lowest BCUT2D eigenvalue weighted by Gasteiger charge is -2.14. The van der Waals surface area contributed by atoms with Gasteiger partial charge in [-0.2, -0.15) is 5.10 Å². The van der Waals surface area contributed by atoms with Crippen LogP contribution in [0, 0.1) is 0 Å². The van der Waals surface area contributed by atoms with Crippen LogP contribution in [0.1, 0.15) is 32.0 Å². The van der Waals surface area contributed by atoms with Gasteiger partial charge in [0.15, 0.2) is 11.5 Å². The van der Waals surface area contributed by atoms with E-state index >= 15 is 0 Å². The normalized spacial score (nSPS) is 12.5. The Kier molecular flexibility index (Phi) is 5.48. The minimum atomic E-state index is -0.917. The quantitative estimate of drug-likeness (QED) is 0.553. The predicted molar refractivity (Wildman–Crippen MR) is 119 cm³/mol. The molecule has 32 heavy (non-hydrogen) atoms. The van der Waals surface area contributed by atoms with Gasteiger partial charge in [-0.3, -0.25) is 10.1 Å². The van der Waals surface area contributed by atoms with E-state index in [2.05, 4.69) is 15.7 Å².